The van der Waals surface area contributed by atoms with Gasteiger partial charge in [0.25, 0.3) is 5.91 Å². The van der Waals surface area contributed by atoms with E-state index in [0.29, 0.717) is 13.2 Å². The minimum Gasteiger partial charge on any atom is -0.477 e. The van der Waals surface area contributed by atoms with Crippen LogP contribution in [0.5, 0.6) is 0 Å². The number of aliphatic hydroxyl groups excluding tert-OH is 1. The Labute approximate surface area is 109 Å². The zero-order chi connectivity index (χ0) is 13.8. The fourth-order valence-corrected chi connectivity index (χ4v) is 1.92. The molecule has 1 unspecified atom stereocenters. The number of rotatable bonds is 3. The Kier molecular flexibility index (Phi) is 4.08. The van der Waals surface area contributed by atoms with Crippen LogP contribution in [0.3, 0.4) is 0 Å². The van der Waals surface area contributed by atoms with Crippen LogP contribution < -0.4 is 0 Å². The van der Waals surface area contributed by atoms with Gasteiger partial charge in [-0.2, -0.15) is 0 Å². The van der Waals surface area contributed by atoms with Crippen molar-refractivity contribution in [1.82, 2.24) is 9.88 Å². The highest BCUT2D eigenvalue weighted by Gasteiger charge is 2.27. The molecule has 7 nitrogen and oxygen atoms in total. The van der Waals surface area contributed by atoms with Crippen LogP contribution in [-0.2, 0) is 4.74 Å². The molecule has 102 valence electrons. The number of carbonyl (C=O) groups excluding carboxylic acids is 1. The maximum Gasteiger partial charge on any atom is 0.354 e. The molecule has 0 aliphatic carbocycles. The van der Waals surface area contributed by atoms with E-state index in [9.17, 15) is 14.7 Å². The van der Waals surface area contributed by atoms with Crippen molar-refractivity contribution in [2.75, 3.05) is 26.4 Å². The largest absolute Gasteiger partial charge is 0.477 e. The van der Waals surface area contributed by atoms with Crippen LogP contribution in [0.1, 0.15) is 20.8 Å². The second kappa shape index (κ2) is 5.77. The van der Waals surface area contributed by atoms with E-state index in [2.05, 4.69) is 4.98 Å². The van der Waals surface area contributed by atoms with Gasteiger partial charge in [0.15, 0.2) is 0 Å². The van der Waals surface area contributed by atoms with E-state index in [0.717, 1.165) is 0 Å². The lowest BCUT2D eigenvalue weighted by Crippen LogP contribution is -2.50. The van der Waals surface area contributed by atoms with Gasteiger partial charge >= 0.3 is 5.97 Å². The normalized spacial score (nSPS) is 19.2. The van der Waals surface area contributed by atoms with Gasteiger partial charge in [-0.3, -0.25) is 4.79 Å². The number of hydrogen-bond donors (Lipinski definition) is 2. The zero-order valence-corrected chi connectivity index (χ0v) is 10.2. The van der Waals surface area contributed by atoms with Crippen molar-refractivity contribution in [3.05, 3.63) is 29.6 Å². The first-order valence-electron chi connectivity index (χ1n) is 5.82. The summed E-state index contributed by atoms with van der Waals surface area (Å²) in [5.41, 5.74) is 0.0624. The quantitative estimate of drug-likeness (QED) is 0.773. The average Bonchev–Trinajstić information content (AvgIpc) is 2.46. The fraction of sp³-hybridized carbons (Fsp3) is 0.417. The number of carboxylic acids is 1. The SMILES string of the molecule is O=C(O)c1cc(C(=O)N2CCOCC2CO)ccn1. The third kappa shape index (κ3) is 2.88. The maximum absolute atomic E-state index is 12.3. The first kappa shape index (κ1) is 13.4. The summed E-state index contributed by atoms with van der Waals surface area (Å²) in [6.45, 7) is 0.857. The van der Waals surface area contributed by atoms with Gasteiger partial charge in [0.05, 0.1) is 25.9 Å². The van der Waals surface area contributed by atoms with Crippen LogP contribution in [0.2, 0.25) is 0 Å². The molecule has 0 spiro atoms. The lowest BCUT2D eigenvalue weighted by atomic mass is 10.1. The van der Waals surface area contributed by atoms with E-state index >= 15 is 0 Å². The van der Waals surface area contributed by atoms with Crippen LogP contribution in [0.15, 0.2) is 18.3 Å². The molecule has 1 fully saturated rings. The standard InChI is InChI=1S/C12H14N2O5/c15-6-9-7-19-4-3-14(9)11(16)8-1-2-13-10(5-8)12(17)18/h1-2,5,9,15H,3-4,6-7H2,(H,17,18). The van der Waals surface area contributed by atoms with Gasteiger partial charge in [0.2, 0.25) is 0 Å². The molecule has 2 N–H and O–H groups in total. The summed E-state index contributed by atoms with van der Waals surface area (Å²) in [6, 6.07) is 2.29. The van der Waals surface area contributed by atoms with Crippen LogP contribution in [0.4, 0.5) is 0 Å². The van der Waals surface area contributed by atoms with Crippen molar-refractivity contribution < 1.29 is 24.5 Å². The molecule has 1 aromatic heterocycles. The average molecular weight is 266 g/mol. The van der Waals surface area contributed by atoms with Crippen LogP contribution in [0.25, 0.3) is 0 Å². The smallest absolute Gasteiger partial charge is 0.354 e. The van der Waals surface area contributed by atoms with E-state index in [1.54, 1.807) is 0 Å². The molecular weight excluding hydrogens is 252 g/mol. The number of aliphatic hydroxyl groups is 1. The van der Waals surface area contributed by atoms with Crippen molar-refractivity contribution in [1.29, 1.82) is 0 Å². The lowest BCUT2D eigenvalue weighted by Gasteiger charge is -2.34. The van der Waals surface area contributed by atoms with Crippen LogP contribution in [-0.4, -0.2) is 64.4 Å². The maximum atomic E-state index is 12.3. The Hall–Kier alpha value is -1.99. The summed E-state index contributed by atoms with van der Waals surface area (Å²) in [7, 11) is 0. The van der Waals surface area contributed by atoms with Gasteiger partial charge in [-0.1, -0.05) is 0 Å². The molecule has 1 aliphatic rings. The summed E-state index contributed by atoms with van der Waals surface area (Å²) >= 11 is 0. The van der Waals surface area contributed by atoms with E-state index in [1.807, 2.05) is 0 Å². The molecule has 2 heterocycles. The number of hydrogen-bond acceptors (Lipinski definition) is 5. The number of carbonyl (C=O) groups is 2. The summed E-state index contributed by atoms with van der Waals surface area (Å²) in [5.74, 6) is -1.51. The molecule has 0 bridgehead atoms. The number of ether oxygens (including phenoxy) is 1. The molecule has 2 rings (SSSR count). The number of carboxylic acid groups (broad SMARTS) is 1. The van der Waals surface area contributed by atoms with E-state index in [4.69, 9.17) is 9.84 Å². The minimum absolute atomic E-state index is 0.181. The third-order valence-corrected chi connectivity index (χ3v) is 2.93. The van der Waals surface area contributed by atoms with E-state index in [-0.39, 0.29) is 30.4 Å². The number of aromatic nitrogens is 1. The van der Waals surface area contributed by atoms with Gasteiger partial charge in [-0.05, 0) is 12.1 Å². The summed E-state index contributed by atoms with van der Waals surface area (Å²) in [6.07, 6.45) is 1.28. The predicted molar refractivity (Wildman–Crippen MR) is 63.9 cm³/mol. The second-order valence-electron chi connectivity index (χ2n) is 4.14. The Balaban J connectivity index is 2.22. The highest BCUT2D eigenvalue weighted by atomic mass is 16.5. The molecule has 19 heavy (non-hydrogen) atoms. The van der Waals surface area contributed by atoms with E-state index in [1.165, 1.54) is 23.2 Å². The van der Waals surface area contributed by atoms with Crippen molar-refractivity contribution in [3.8, 4) is 0 Å². The van der Waals surface area contributed by atoms with Crippen molar-refractivity contribution >= 4 is 11.9 Å². The molecule has 1 amide bonds. The molecule has 1 saturated heterocycles. The summed E-state index contributed by atoms with van der Waals surface area (Å²) < 4.78 is 5.19. The highest BCUT2D eigenvalue weighted by Crippen LogP contribution is 2.13. The Morgan fingerprint density at radius 3 is 3.00 bits per heavy atom. The minimum atomic E-state index is -1.18. The Morgan fingerprint density at radius 2 is 2.32 bits per heavy atom. The molecular formula is C12H14N2O5. The number of pyridine rings is 1. The van der Waals surface area contributed by atoms with Crippen molar-refractivity contribution in [3.63, 3.8) is 0 Å². The van der Waals surface area contributed by atoms with Gasteiger partial charge in [0.1, 0.15) is 5.69 Å². The third-order valence-electron chi connectivity index (χ3n) is 2.93. The monoisotopic (exact) mass is 266 g/mol. The molecule has 1 aliphatic heterocycles. The van der Waals surface area contributed by atoms with Gasteiger partial charge in [0, 0.05) is 18.3 Å². The molecule has 0 saturated carbocycles. The predicted octanol–water partition coefficient (Wildman–Crippen LogP) is -0.387. The molecule has 0 radical (unpaired) electrons. The Morgan fingerprint density at radius 1 is 1.53 bits per heavy atom. The second-order valence-corrected chi connectivity index (χ2v) is 4.14. The van der Waals surface area contributed by atoms with Crippen molar-refractivity contribution in [2.45, 2.75) is 6.04 Å². The molecule has 7 heteroatoms. The topological polar surface area (TPSA) is 100.0 Å². The first-order valence-corrected chi connectivity index (χ1v) is 5.82. The lowest BCUT2D eigenvalue weighted by molar-refractivity contribution is -0.0184. The molecule has 1 aromatic rings. The summed E-state index contributed by atoms with van der Waals surface area (Å²) in [5, 5.41) is 18.1. The number of nitrogens with zero attached hydrogens (tertiary/aromatic N) is 2. The van der Waals surface area contributed by atoms with Crippen LogP contribution >= 0.6 is 0 Å². The van der Waals surface area contributed by atoms with E-state index < -0.39 is 12.0 Å². The fourth-order valence-electron chi connectivity index (χ4n) is 1.92. The van der Waals surface area contributed by atoms with Gasteiger partial charge in [-0.15, -0.1) is 0 Å². The summed E-state index contributed by atoms with van der Waals surface area (Å²) in [4.78, 5) is 28.3. The first-order chi connectivity index (χ1) is 9.13. The highest BCUT2D eigenvalue weighted by molar-refractivity contribution is 5.96. The van der Waals surface area contributed by atoms with Crippen molar-refractivity contribution in [2.24, 2.45) is 0 Å². The molecule has 0 aromatic carbocycles. The number of morpholine rings is 1. The molecule has 1 atom stereocenters. The zero-order valence-electron chi connectivity index (χ0n) is 10.2. The van der Waals surface area contributed by atoms with Gasteiger partial charge < -0.3 is 19.8 Å². The Bertz CT molecular complexity index is 491. The van der Waals surface area contributed by atoms with Gasteiger partial charge in [-0.25, -0.2) is 9.78 Å². The number of amides is 1. The van der Waals surface area contributed by atoms with Crippen LogP contribution in [0, 0.1) is 0 Å². The number of aromatic carboxylic acids is 1.